The van der Waals surface area contributed by atoms with Crippen molar-refractivity contribution in [1.29, 1.82) is 0 Å². The van der Waals surface area contributed by atoms with Crippen molar-refractivity contribution in [3.8, 4) is 11.1 Å². The van der Waals surface area contributed by atoms with Crippen LogP contribution >= 0.6 is 0 Å². The number of rotatable bonds is 4. The summed E-state index contributed by atoms with van der Waals surface area (Å²) in [5.41, 5.74) is 0.722. The molecule has 3 rings (SSSR count). The molecule has 10 heteroatoms. The van der Waals surface area contributed by atoms with Crippen LogP contribution in [0.4, 0.5) is 39.4 Å². The number of hydrogen-bond donors (Lipinski definition) is 4. The molecule has 156 valence electrons. The number of H-pyrrole nitrogens is 1. The number of carbonyl (C=O) groups is 2. The Labute approximate surface area is 168 Å². The maximum Gasteiger partial charge on any atom is 0.416 e. The van der Waals surface area contributed by atoms with E-state index in [9.17, 15) is 27.2 Å². The third-order valence-electron chi connectivity index (χ3n) is 4.05. The highest BCUT2D eigenvalue weighted by molar-refractivity contribution is 6.00. The van der Waals surface area contributed by atoms with Crippen LogP contribution in [-0.4, -0.2) is 16.9 Å². The quantitative estimate of drug-likeness (QED) is 0.424. The highest BCUT2D eigenvalue weighted by atomic mass is 19.4. The van der Waals surface area contributed by atoms with Gasteiger partial charge in [0.15, 0.2) is 0 Å². The molecule has 0 saturated heterocycles. The van der Waals surface area contributed by atoms with E-state index in [1.165, 1.54) is 6.92 Å². The first-order valence-electron chi connectivity index (χ1n) is 8.63. The summed E-state index contributed by atoms with van der Waals surface area (Å²) in [6, 6.07) is 7.31. The molecule has 1 heterocycles. The number of aromatic amines is 1. The highest BCUT2D eigenvalue weighted by Gasteiger charge is 2.31. The zero-order chi connectivity index (χ0) is 21.9. The number of halogens is 4. The SMILES string of the molecule is CC(=O)Nc1c[nH]cc1-c1ccc(NC(=O)Nc2cc(C(F)(F)F)ccc2F)cc1. The summed E-state index contributed by atoms with van der Waals surface area (Å²) < 4.78 is 52.0. The minimum absolute atomic E-state index is 0.229. The summed E-state index contributed by atoms with van der Waals surface area (Å²) >= 11 is 0. The van der Waals surface area contributed by atoms with E-state index in [1.54, 1.807) is 36.7 Å². The Morgan fingerprint density at radius 2 is 1.60 bits per heavy atom. The van der Waals surface area contributed by atoms with Gasteiger partial charge < -0.3 is 20.9 Å². The van der Waals surface area contributed by atoms with Gasteiger partial charge in [-0.1, -0.05) is 12.1 Å². The van der Waals surface area contributed by atoms with Crippen molar-refractivity contribution in [2.45, 2.75) is 13.1 Å². The fourth-order valence-corrected chi connectivity index (χ4v) is 2.71. The molecule has 0 atom stereocenters. The molecule has 4 N–H and O–H groups in total. The minimum Gasteiger partial charge on any atom is -0.365 e. The first-order chi connectivity index (χ1) is 14.1. The second-order valence-corrected chi connectivity index (χ2v) is 6.31. The van der Waals surface area contributed by atoms with Gasteiger partial charge in [-0.05, 0) is 35.9 Å². The molecule has 0 aliphatic heterocycles. The standard InChI is InChI=1S/C20H16F4N4O2/c1-11(29)26-18-10-25-9-15(18)12-2-5-14(6-3-12)27-19(30)28-17-8-13(20(22,23)24)4-7-16(17)21/h2-10,25H,1H3,(H,26,29)(H2,27,28,30). The molecular weight excluding hydrogens is 404 g/mol. The Morgan fingerprint density at radius 3 is 2.23 bits per heavy atom. The van der Waals surface area contributed by atoms with Crippen molar-refractivity contribution >= 4 is 29.0 Å². The fourth-order valence-electron chi connectivity index (χ4n) is 2.71. The second kappa shape index (κ2) is 8.27. The van der Waals surface area contributed by atoms with Gasteiger partial charge in [0.05, 0.1) is 16.9 Å². The van der Waals surface area contributed by atoms with E-state index < -0.39 is 29.3 Å². The van der Waals surface area contributed by atoms with Crippen LogP contribution in [0.2, 0.25) is 0 Å². The predicted molar refractivity (Wildman–Crippen MR) is 105 cm³/mol. The van der Waals surface area contributed by atoms with Crippen molar-refractivity contribution < 1.29 is 27.2 Å². The van der Waals surface area contributed by atoms with Gasteiger partial charge in [0, 0.05) is 30.6 Å². The molecule has 1 aromatic heterocycles. The molecule has 3 amide bonds. The lowest BCUT2D eigenvalue weighted by Gasteiger charge is -2.12. The lowest BCUT2D eigenvalue weighted by molar-refractivity contribution is -0.137. The molecule has 0 saturated carbocycles. The van der Waals surface area contributed by atoms with Crippen molar-refractivity contribution in [2.24, 2.45) is 0 Å². The van der Waals surface area contributed by atoms with Gasteiger partial charge in [-0.3, -0.25) is 4.79 Å². The Kier molecular flexibility index (Phi) is 5.77. The van der Waals surface area contributed by atoms with E-state index >= 15 is 0 Å². The largest absolute Gasteiger partial charge is 0.416 e. The molecule has 0 unspecified atom stereocenters. The molecule has 0 aliphatic rings. The number of hydrogen-bond acceptors (Lipinski definition) is 2. The number of nitrogens with one attached hydrogen (secondary N) is 4. The topological polar surface area (TPSA) is 86.0 Å². The number of alkyl halides is 3. The van der Waals surface area contributed by atoms with Gasteiger partial charge in [0.1, 0.15) is 5.82 Å². The van der Waals surface area contributed by atoms with Gasteiger partial charge in [-0.15, -0.1) is 0 Å². The lowest BCUT2D eigenvalue weighted by Crippen LogP contribution is -2.20. The number of aromatic nitrogens is 1. The minimum atomic E-state index is -4.66. The summed E-state index contributed by atoms with van der Waals surface area (Å²) in [6.45, 7) is 1.38. The Hall–Kier alpha value is -3.82. The van der Waals surface area contributed by atoms with Gasteiger partial charge >= 0.3 is 12.2 Å². The second-order valence-electron chi connectivity index (χ2n) is 6.31. The van der Waals surface area contributed by atoms with Crippen molar-refractivity contribution in [2.75, 3.05) is 16.0 Å². The maximum absolute atomic E-state index is 13.8. The summed E-state index contributed by atoms with van der Waals surface area (Å²) in [6.07, 6.45) is -1.35. The first-order valence-corrected chi connectivity index (χ1v) is 8.63. The zero-order valence-corrected chi connectivity index (χ0v) is 15.5. The Morgan fingerprint density at radius 1 is 0.900 bits per heavy atom. The van der Waals surface area contributed by atoms with E-state index in [1.807, 2.05) is 0 Å². The van der Waals surface area contributed by atoms with Crippen molar-refractivity contribution in [1.82, 2.24) is 4.98 Å². The van der Waals surface area contributed by atoms with E-state index in [2.05, 4.69) is 20.9 Å². The van der Waals surface area contributed by atoms with Gasteiger partial charge in [-0.25, -0.2) is 9.18 Å². The molecule has 0 fully saturated rings. The van der Waals surface area contributed by atoms with Crippen LogP contribution in [0.25, 0.3) is 11.1 Å². The van der Waals surface area contributed by atoms with Gasteiger partial charge in [0.25, 0.3) is 0 Å². The fraction of sp³-hybridized carbons (Fsp3) is 0.100. The number of carbonyl (C=O) groups excluding carboxylic acids is 2. The lowest BCUT2D eigenvalue weighted by atomic mass is 10.1. The van der Waals surface area contributed by atoms with Crippen LogP contribution in [-0.2, 0) is 11.0 Å². The van der Waals surface area contributed by atoms with Crippen LogP contribution in [0.1, 0.15) is 12.5 Å². The number of benzene rings is 2. The molecule has 6 nitrogen and oxygen atoms in total. The van der Waals surface area contributed by atoms with Gasteiger partial charge in [0.2, 0.25) is 5.91 Å². The zero-order valence-electron chi connectivity index (χ0n) is 15.5. The van der Waals surface area contributed by atoms with Crippen molar-refractivity contribution in [3.05, 3.63) is 66.2 Å². The normalized spacial score (nSPS) is 11.1. The highest BCUT2D eigenvalue weighted by Crippen LogP contribution is 2.32. The molecule has 30 heavy (non-hydrogen) atoms. The van der Waals surface area contributed by atoms with Crippen LogP contribution in [0.3, 0.4) is 0 Å². The van der Waals surface area contributed by atoms with E-state index in [0.29, 0.717) is 29.6 Å². The Balaban J connectivity index is 1.70. The third-order valence-corrected chi connectivity index (χ3v) is 4.05. The molecule has 2 aromatic carbocycles. The molecular formula is C20H16F4N4O2. The van der Waals surface area contributed by atoms with Crippen LogP contribution < -0.4 is 16.0 Å². The molecule has 0 bridgehead atoms. The molecule has 0 radical (unpaired) electrons. The number of amides is 3. The Bertz CT molecular complexity index is 1080. The predicted octanol–water partition coefficient (Wildman–Crippen LogP) is 5.44. The monoisotopic (exact) mass is 420 g/mol. The van der Waals surface area contributed by atoms with E-state index in [4.69, 9.17) is 0 Å². The van der Waals surface area contributed by atoms with Crippen LogP contribution in [0.5, 0.6) is 0 Å². The van der Waals surface area contributed by atoms with Crippen LogP contribution in [0.15, 0.2) is 54.9 Å². The summed E-state index contributed by atoms with van der Waals surface area (Å²) in [4.78, 5) is 26.2. The first kappa shape index (κ1) is 20.9. The average Bonchev–Trinajstić information content (AvgIpc) is 3.10. The molecule has 0 aliphatic carbocycles. The molecule has 3 aromatic rings. The average molecular weight is 420 g/mol. The van der Waals surface area contributed by atoms with Crippen LogP contribution in [0, 0.1) is 5.82 Å². The summed E-state index contributed by atoms with van der Waals surface area (Å²) in [5.74, 6) is -1.22. The summed E-state index contributed by atoms with van der Waals surface area (Å²) in [5, 5.41) is 7.17. The van der Waals surface area contributed by atoms with E-state index in [0.717, 1.165) is 11.1 Å². The van der Waals surface area contributed by atoms with Gasteiger partial charge in [-0.2, -0.15) is 13.2 Å². The number of urea groups is 1. The molecule has 0 spiro atoms. The van der Waals surface area contributed by atoms with Crippen molar-refractivity contribution in [3.63, 3.8) is 0 Å². The smallest absolute Gasteiger partial charge is 0.365 e. The van der Waals surface area contributed by atoms with E-state index in [-0.39, 0.29) is 5.91 Å². The maximum atomic E-state index is 13.8. The summed E-state index contributed by atoms with van der Waals surface area (Å²) in [7, 11) is 0. The third kappa shape index (κ3) is 4.96. The number of anilines is 3.